The molecule has 78 valence electrons. The molecule has 1 amide bonds. The SMILES string of the molecule is COC(=O)C=C1CCN(C(C)=O)CC1. The van der Waals surface area contributed by atoms with Gasteiger partial charge in [0.1, 0.15) is 0 Å². The summed E-state index contributed by atoms with van der Waals surface area (Å²) in [6.45, 7) is 2.98. The van der Waals surface area contributed by atoms with Crippen molar-refractivity contribution in [3.8, 4) is 0 Å². The van der Waals surface area contributed by atoms with E-state index in [9.17, 15) is 9.59 Å². The normalized spacial score (nSPS) is 16.4. The molecule has 1 heterocycles. The number of nitrogens with zero attached hydrogens (tertiary/aromatic N) is 1. The van der Waals surface area contributed by atoms with Crippen LogP contribution in [-0.4, -0.2) is 37.0 Å². The summed E-state index contributed by atoms with van der Waals surface area (Å²) in [6.07, 6.45) is 3.07. The van der Waals surface area contributed by atoms with E-state index in [0.29, 0.717) is 13.1 Å². The van der Waals surface area contributed by atoms with E-state index in [4.69, 9.17) is 0 Å². The Hall–Kier alpha value is -1.32. The van der Waals surface area contributed by atoms with Gasteiger partial charge in [-0.3, -0.25) is 4.79 Å². The highest BCUT2D eigenvalue weighted by Gasteiger charge is 2.16. The molecule has 0 atom stereocenters. The Balaban J connectivity index is 2.46. The third-order valence-corrected chi connectivity index (χ3v) is 2.37. The largest absolute Gasteiger partial charge is 0.466 e. The van der Waals surface area contributed by atoms with Crippen molar-refractivity contribution in [3.05, 3.63) is 11.6 Å². The quantitative estimate of drug-likeness (QED) is 0.460. The molecule has 0 radical (unpaired) electrons. The van der Waals surface area contributed by atoms with Gasteiger partial charge in [0.2, 0.25) is 5.91 Å². The molecule has 1 fully saturated rings. The van der Waals surface area contributed by atoms with Crippen LogP contribution in [-0.2, 0) is 14.3 Å². The molecule has 0 spiro atoms. The predicted molar refractivity (Wildman–Crippen MR) is 51.6 cm³/mol. The minimum absolute atomic E-state index is 0.0992. The first-order valence-corrected chi connectivity index (χ1v) is 4.66. The van der Waals surface area contributed by atoms with Crippen LogP contribution >= 0.6 is 0 Å². The van der Waals surface area contributed by atoms with Gasteiger partial charge in [-0.25, -0.2) is 4.79 Å². The van der Waals surface area contributed by atoms with Gasteiger partial charge in [-0.15, -0.1) is 0 Å². The van der Waals surface area contributed by atoms with Gasteiger partial charge in [0, 0.05) is 26.1 Å². The second-order valence-electron chi connectivity index (χ2n) is 3.33. The maximum Gasteiger partial charge on any atom is 0.330 e. The van der Waals surface area contributed by atoms with Gasteiger partial charge in [0.05, 0.1) is 7.11 Å². The van der Waals surface area contributed by atoms with Gasteiger partial charge >= 0.3 is 5.97 Å². The van der Waals surface area contributed by atoms with E-state index in [1.165, 1.54) is 13.2 Å². The van der Waals surface area contributed by atoms with Crippen molar-refractivity contribution < 1.29 is 14.3 Å². The first kappa shape index (κ1) is 10.8. The summed E-state index contributed by atoms with van der Waals surface area (Å²) in [5.74, 6) is -0.210. The van der Waals surface area contributed by atoms with Crippen molar-refractivity contribution in [3.63, 3.8) is 0 Å². The molecule has 0 aromatic carbocycles. The zero-order valence-corrected chi connectivity index (χ0v) is 8.58. The first-order chi connectivity index (χ1) is 6.63. The summed E-state index contributed by atoms with van der Waals surface area (Å²) >= 11 is 0. The van der Waals surface area contributed by atoms with Crippen molar-refractivity contribution in [1.29, 1.82) is 0 Å². The molecule has 4 heteroatoms. The van der Waals surface area contributed by atoms with Crippen LogP contribution in [0.2, 0.25) is 0 Å². The topological polar surface area (TPSA) is 46.6 Å². The number of likely N-dealkylation sites (tertiary alicyclic amines) is 1. The Labute approximate surface area is 83.5 Å². The van der Waals surface area contributed by atoms with Crippen molar-refractivity contribution in [1.82, 2.24) is 4.90 Å². The molecular formula is C10H15NO3. The maximum absolute atomic E-state index is 11.0. The van der Waals surface area contributed by atoms with Gasteiger partial charge in [-0.05, 0) is 12.8 Å². The standard InChI is InChI=1S/C10H15NO3/c1-8(12)11-5-3-9(4-6-11)7-10(13)14-2/h7H,3-6H2,1-2H3. The fourth-order valence-electron chi connectivity index (χ4n) is 1.48. The Bertz CT molecular complexity index is 261. The van der Waals surface area contributed by atoms with Crippen LogP contribution in [0.25, 0.3) is 0 Å². The smallest absolute Gasteiger partial charge is 0.330 e. The first-order valence-electron chi connectivity index (χ1n) is 4.66. The Kier molecular flexibility index (Phi) is 3.68. The average molecular weight is 197 g/mol. The number of rotatable bonds is 1. The Morgan fingerprint density at radius 3 is 2.36 bits per heavy atom. The number of amides is 1. The number of carbonyl (C=O) groups is 2. The minimum Gasteiger partial charge on any atom is -0.466 e. The fraction of sp³-hybridized carbons (Fsp3) is 0.600. The lowest BCUT2D eigenvalue weighted by molar-refractivity contribution is -0.134. The van der Waals surface area contributed by atoms with Crippen LogP contribution in [0.3, 0.4) is 0 Å². The second-order valence-corrected chi connectivity index (χ2v) is 3.33. The van der Waals surface area contributed by atoms with Crippen molar-refractivity contribution in [2.75, 3.05) is 20.2 Å². The van der Waals surface area contributed by atoms with Gasteiger partial charge in [-0.2, -0.15) is 0 Å². The van der Waals surface area contributed by atoms with Gasteiger partial charge in [-0.1, -0.05) is 5.57 Å². The summed E-state index contributed by atoms with van der Waals surface area (Å²) in [5, 5.41) is 0. The highest BCUT2D eigenvalue weighted by Crippen LogP contribution is 2.15. The molecule has 14 heavy (non-hydrogen) atoms. The second kappa shape index (κ2) is 4.79. The third-order valence-electron chi connectivity index (χ3n) is 2.37. The van der Waals surface area contributed by atoms with Crippen LogP contribution in [0.1, 0.15) is 19.8 Å². The summed E-state index contributed by atoms with van der Waals surface area (Å²) in [4.78, 5) is 23.7. The molecule has 0 aliphatic carbocycles. The maximum atomic E-state index is 11.0. The zero-order valence-electron chi connectivity index (χ0n) is 8.58. The van der Waals surface area contributed by atoms with E-state index in [0.717, 1.165) is 18.4 Å². The highest BCUT2D eigenvalue weighted by molar-refractivity contribution is 5.82. The number of piperidine rings is 1. The van der Waals surface area contributed by atoms with Gasteiger partial charge < -0.3 is 9.64 Å². The van der Waals surface area contributed by atoms with E-state index in [1.54, 1.807) is 11.8 Å². The highest BCUT2D eigenvalue weighted by atomic mass is 16.5. The molecule has 1 saturated heterocycles. The summed E-state index contributed by atoms with van der Waals surface area (Å²) < 4.78 is 4.53. The molecule has 1 rings (SSSR count). The lowest BCUT2D eigenvalue weighted by Gasteiger charge is -2.27. The monoisotopic (exact) mass is 197 g/mol. The number of esters is 1. The minimum atomic E-state index is -0.309. The molecule has 4 nitrogen and oxygen atoms in total. The Morgan fingerprint density at radius 1 is 1.36 bits per heavy atom. The number of hydrogen-bond acceptors (Lipinski definition) is 3. The third kappa shape index (κ3) is 2.87. The molecule has 0 unspecified atom stereocenters. The van der Waals surface area contributed by atoms with E-state index in [-0.39, 0.29) is 11.9 Å². The molecule has 1 aliphatic rings. The lowest BCUT2D eigenvalue weighted by Crippen LogP contribution is -2.34. The van der Waals surface area contributed by atoms with Crippen molar-refractivity contribution in [2.24, 2.45) is 0 Å². The molecule has 0 N–H and O–H groups in total. The van der Waals surface area contributed by atoms with Crippen LogP contribution < -0.4 is 0 Å². The summed E-state index contributed by atoms with van der Waals surface area (Å²) in [7, 11) is 1.37. The van der Waals surface area contributed by atoms with E-state index in [1.807, 2.05) is 0 Å². The molecule has 1 aliphatic heterocycles. The van der Waals surface area contributed by atoms with Crippen molar-refractivity contribution in [2.45, 2.75) is 19.8 Å². The summed E-state index contributed by atoms with van der Waals surface area (Å²) in [6, 6.07) is 0. The van der Waals surface area contributed by atoms with E-state index in [2.05, 4.69) is 4.74 Å². The summed E-state index contributed by atoms with van der Waals surface area (Å²) in [5.41, 5.74) is 1.06. The fourth-order valence-corrected chi connectivity index (χ4v) is 1.48. The van der Waals surface area contributed by atoms with Gasteiger partial charge in [0.25, 0.3) is 0 Å². The molecule has 0 bridgehead atoms. The van der Waals surface area contributed by atoms with E-state index >= 15 is 0 Å². The van der Waals surface area contributed by atoms with Crippen LogP contribution in [0.5, 0.6) is 0 Å². The van der Waals surface area contributed by atoms with Gasteiger partial charge in [0.15, 0.2) is 0 Å². The van der Waals surface area contributed by atoms with Crippen LogP contribution in [0.15, 0.2) is 11.6 Å². The molecule has 0 aromatic heterocycles. The van der Waals surface area contributed by atoms with Crippen LogP contribution in [0.4, 0.5) is 0 Å². The number of methoxy groups -OCH3 is 1. The number of ether oxygens (including phenoxy) is 1. The van der Waals surface area contributed by atoms with E-state index < -0.39 is 0 Å². The number of hydrogen-bond donors (Lipinski definition) is 0. The molecule has 0 aromatic rings. The average Bonchev–Trinajstić information content (AvgIpc) is 2.18. The number of carbonyl (C=O) groups excluding carboxylic acids is 2. The Morgan fingerprint density at radius 2 is 1.93 bits per heavy atom. The molecular weight excluding hydrogens is 182 g/mol. The molecule has 0 saturated carbocycles. The predicted octanol–water partition coefficient (Wildman–Crippen LogP) is 0.728. The van der Waals surface area contributed by atoms with Crippen molar-refractivity contribution >= 4 is 11.9 Å². The van der Waals surface area contributed by atoms with Crippen LogP contribution in [0, 0.1) is 0 Å². The lowest BCUT2D eigenvalue weighted by atomic mass is 10.0. The zero-order chi connectivity index (χ0) is 10.6.